The third-order valence-corrected chi connectivity index (χ3v) is 5.58. The van der Waals surface area contributed by atoms with Crippen molar-refractivity contribution >= 4 is 5.91 Å². The van der Waals surface area contributed by atoms with Crippen molar-refractivity contribution < 1.29 is 9.18 Å². The zero-order valence-corrected chi connectivity index (χ0v) is 14.9. The molecule has 0 aromatic carbocycles. The summed E-state index contributed by atoms with van der Waals surface area (Å²) < 4.78 is 13.6. The molecule has 0 radical (unpaired) electrons. The number of amides is 1. The van der Waals surface area contributed by atoms with E-state index in [-0.39, 0.29) is 31.2 Å². The van der Waals surface area contributed by atoms with Crippen LogP contribution in [0.4, 0.5) is 4.39 Å². The van der Waals surface area contributed by atoms with E-state index in [0.717, 1.165) is 25.2 Å². The van der Waals surface area contributed by atoms with Crippen molar-refractivity contribution in [1.82, 2.24) is 42.4 Å². The molecule has 4 rings (SSSR count). The Balaban J connectivity index is 1.50. The van der Waals surface area contributed by atoms with E-state index in [1.54, 1.807) is 5.01 Å². The van der Waals surface area contributed by atoms with Crippen LogP contribution < -0.4 is 38.1 Å². The van der Waals surface area contributed by atoms with Crippen molar-refractivity contribution in [1.29, 1.82) is 0 Å². The first-order valence-corrected chi connectivity index (χ1v) is 9.15. The molecule has 0 spiro atoms. The highest BCUT2D eigenvalue weighted by Gasteiger charge is 2.47. The average Bonchev–Trinajstić information content (AvgIpc) is 3.17. The number of carbonyl (C=O) groups is 1. The van der Waals surface area contributed by atoms with Crippen LogP contribution in [-0.4, -0.2) is 80.2 Å². The number of rotatable bonds is 3. The van der Waals surface area contributed by atoms with Gasteiger partial charge in [0.2, 0.25) is 5.91 Å². The van der Waals surface area contributed by atoms with Gasteiger partial charge in [0.05, 0.1) is 24.3 Å². The first kappa shape index (κ1) is 18.2. The summed E-state index contributed by atoms with van der Waals surface area (Å²) in [5.74, 6) is -0.629. The highest BCUT2D eigenvalue weighted by Crippen LogP contribution is 2.24. The second-order valence-corrected chi connectivity index (χ2v) is 7.32. The highest BCUT2D eigenvalue weighted by atomic mass is 19.1. The molecular formula is C15H28FN9O. The number of nitrogens with one attached hydrogen (secondary N) is 6. The molecule has 4 heterocycles. The Hall–Kier alpha value is -1.18. The number of carbonyl (C=O) groups excluding carboxylic acids is 1. The van der Waals surface area contributed by atoms with Crippen LogP contribution in [0, 0.1) is 5.92 Å². The van der Waals surface area contributed by atoms with Crippen molar-refractivity contribution in [3.8, 4) is 0 Å². The van der Waals surface area contributed by atoms with Crippen LogP contribution in [0.15, 0.2) is 11.3 Å². The predicted molar refractivity (Wildman–Crippen MR) is 93.3 cm³/mol. The summed E-state index contributed by atoms with van der Waals surface area (Å²) in [7, 11) is 1.98. The number of halogens is 1. The number of fused-ring (bicyclic) bond motifs is 1. The zero-order chi connectivity index (χ0) is 18.3. The summed E-state index contributed by atoms with van der Waals surface area (Å²) in [4.78, 5) is 13.0. The number of likely N-dealkylation sites (N-methyl/N-ethyl adjacent to an activating group) is 1. The summed E-state index contributed by atoms with van der Waals surface area (Å²) in [6.07, 6.45) is -0.936. The van der Waals surface area contributed by atoms with E-state index in [4.69, 9.17) is 5.73 Å². The van der Waals surface area contributed by atoms with Gasteiger partial charge in [-0.2, -0.15) is 5.53 Å². The fraction of sp³-hybridized carbons (Fsp3) is 0.800. The van der Waals surface area contributed by atoms with Crippen LogP contribution in [0.2, 0.25) is 0 Å². The van der Waals surface area contributed by atoms with Gasteiger partial charge in [-0.15, -0.1) is 0 Å². The van der Waals surface area contributed by atoms with E-state index in [0.29, 0.717) is 6.54 Å². The maximum atomic E-state index is 13.6. The van der Waals surface area contributed by atoms with Crippen LogP contribution in [0.25, 0.3) is 0 Å². The molecule has 0 aliphatic carbocycles. The van der Waals surface area contributed by atoms with Gasteiger partial charge in [-0.1, -0.05) is 0 Å². The summed E-state index contributed by atoms with van der Waals surface area (Å²) in [5.41, 5.74) is 17.5. The normalized spacial score (nSPS) is 39.3. The first-order valence-electron chi connectivity index (χ1n) is 9.15. The fourth-order valence-electron chi connectivity index (χ4n) is 4.24. The Morgan fingerprint density at radius 2 is 2.23 bits per heavy atom. The first-order chi connectivity index (χ1) is 12.5. The fourth-order valence-corrected chi connectivity index (χ4v) is 4.24. The van der Waals surface area contributed by atoms with Crippen molar-refractivity contribution in [2.24, 2.45) is 11.7 Å². The summed E-state index contributed by atoms with van der Waals surface area (Å²) >= 11 is 0. The Morgan fingerprint density at radius 1 is 1.38 bits per heavy atom. The molecule has 8 N–H and O–H groups in total. The smallest absolute Gasteiger partial charge is 0.233 e. The van der Waals surface area contributed by atoms with Crippen molar-refractivity contribution in [3.63, 3.8) is 0 Å². The molecule has 10 nitrogen and oxygen atoms in total. The largest absolute Gasteiger partial charge is 0.328 e. The van der Waals surface area contributed by atoms with Crippen molar-refractivity contribution in [2.45, 2.75) is 31.0 Å². The van der Waals surface area contributed by atoms with Crippen LogP contribution >= 0.6 is 0 Å². The van der Waals surface area contributed by atoms with Gasteiger partial charge in [-0.25, -0.2) is 25.3 Å². The topological polar surface area (TPSA) is 122 Å². The highest BCUT2D eigenvalue weighted by molar-refractivity contribution is 5.82. The van der Waals surface area contributed by atoms with Crippen LogP contribution in [0.5, 0.6) is 0 Å². The standard InChI is InChI=1S/C15H28FN9O/c1-24-11(6-20-23-24)9-2-3-18-5-10(9)21-15(26)12-13(17)22-25-7-8(16)4-19-14(12)25/h8,11-14,18-20,22-23H,2-7,17H2,1H3,(H,21,26). The minimum Gasteiger partial charge on any atom is -0.328 e. The van der Waals surface area contributed by atoms with Gasteiger partial charge in [0.1, 0.15) is 6.17 Å². The van der Waals surface area contributed by atoms with Crippen LogP contribution in [0.3, 0.4) is 0 Å². The van der Waals surface area contributed by atoms with E-state index in [2.05, 4.69) is 32.3 Å². The van der Waals surface area contributed by atoms with Gasteiger partial charge in [-0.3, -0.25) is 10.1 Å². The second kappa shape index (κ2) is 7.44. The number of hydrogen-bond donors (Lipinski definition) is 7. The third-order valence-electron chi connectivity index (χ3n) is 5.58. The van der Waals surface area contributed by atoms with E-state index in [9.17, 15) is 9.18 Å². The lowest BCUT2D eigenvalue weighted by Gasteiger charge is -2.34. The molecule has 1 amide bonds. The maximum Gasteiger partial charge on any atom is 0.233 e. The van der Waals surface area contributed by atoms with E-state index in [1.807, 2.05) is 12.1 Å². The summed E-state index contributed by atoms with van der Waals surface area (Å²) in [6, 6.07) is 0.194. The molecule has 5 atom stereocenters. The Morgan fingerprint density at radius 3 is 3.00 bits per heavy atom. The molecule has 26 heavy (non-hydrogen) atoms. The molecule has 0 saturated carbocycles. The average molecular weight is 369 g/mol. The molecule has 4 aliphatic rings. The van der Waals surface area contributed by atoms with Crippen molar-refractivity contribution in [2.75, 3.05) is 39.8 Å². The molecule has 0 aromatic rings. The molecule has 0 aromatic heterocycles. The number of hydrazine groups is 3. The van der Waals surface area contributed by atoms with E-state index >= 15 is 0 Å². The van der Waals surface area contributed by atoms with Crippen molar-refractivity contribution in [3.05, 3.63) is 11.3 Å². The monoisotopic (exact) mass is 369 g/mol. The second-order valence-electron chi connectivity index (χ2n) is 7.32. The van der Waals surface area contributed by atoms with E-state index in [1.165, 1.54) is 5.57 Å². The number of nitrogens with zero attached hydrogens (tertiary/aromatic N) is 2. The molecule has 4 aliphatic heterocycles. The van der Waals surface area contributed by atoms with E-state index < -0.39 is 18.3 Å². The Labute approximate surface area is 152 Å². The number of alkyl halides is 1. The molecule has 146 valence electrons. The molecule has 5 unspecified atom stereocenters. The molecule has 11 heteroatoms. The van der Waals surface area contributed by atoms with Gasteiger partial charge in [0, 0.05) is 38.9 Å². The quantitative estimate of drug-likeness (QED) is 0.274. The molecular weight excluding hydrogens is 341 g/mol. The van der Waals surface area contributed by atoms with Gasteiger partial charge >= 0.3 is 0 Å². The van der Waals surface area contributed by atoms with Gasteiger partial charge in [-0.05, 0) is 18.5 Å². The minimum absolute atomic E-state index is 0.139. The third kappa shape index (κ3) is 3.37. The molecule has 3 saturated heterocycles. The van der Waals surface area contributed by atoms with Gasteiger partial charge < -0.3 is 16.4 Å². The zero-order valence-electron chi connectivity index (χ0n) is 14.9. The maximum absolute atomic E-state index is 13.6. The summed E-state index contributed by atoms with van der Waals surface area (Å²) in [6.45, 7) is 2.76. The molecule has 3 fully saturated rings. The number of nitrogens with two attached hydrogens (primary N) is 1. The predicted octanol–water partition coefficient (Wildman–Crippen LogP) is -3.34. The van der Waals surface area contributed by atoms with Gasteiger partial charge in [0.25, 0.3) is 0 Å². The SMILES string of the molecule is CN1NNCC1C1=C(NC(=O)C2C(N)NN3CC(F)CNC23)CNCC1. The lowest BCUT2D eigenvalue weighted by Crippen LogP contribution is -2.58. The lowest BCUT2D eigenvalue weighted by molar-refractivity contribution is -0.126. The summed E-state index contributed by atoms with van der Waals surface area (Å²) in [5, 5.41) is 13.2. The van der Waals surface area contributed by atoms with Crippen LogP contribution in [-0.2, 0) is 4.79 Å². The number of hydrogen-bond acceptors (Lipinski definition) is 9. The van der Waals surface area contributed by atoms with Gasteiger partial charge in [0.15, 0.2) is 0 Å². The Kier molecular flexibility index (Phi) is 5.21. The molecule has 0 bridgehead atoms. The van der Waals surface area contributed by atoms with Crippen LogP contribution in [0.1, 0.15) is 6.42 Å². The Bertz CT molecular complexity index is 587. The minimum atomic E-state index is -0.970. The lowest BCUT2D eigenvalue weighted by atomic mass is 9.96.